The van der Waals surface area contributed by atoms with Crippen molar-refractivity contribution in [3.05, 3.63) is 66.1 Å². The second kappa shape index (κ2) is 5.81. The summed E-state index contributed by atoms with van der Waals surface area (Å²) >= 11 is 0. The number of methoxy groups -OCH3 is 1. The van der Waals surface area contributed by atoms with Gasteiger partial charge in [-0.25, -0.2) is 4.39 Å². The molecule has 1 amide bonds. The van der Waals surface area contributed by atoms with E-state index in [0.29, 0.717) is 17.0 Å². The van der Waals surface area contributed by atoms with Crippen molar-refractivity contribution in [2.75, 3.05) is 12.4 Å². The Balaban J connectivity index is 2.00. The van der Waals surface area contributed by atoms with Crippen LogP contribution < -0.4 is 10.1 Å². The molecule has 0 saturated heterocycles. The van der Waals surface area contributed by atoms with Crippen LogP contribution in [0.1, 0.15) is 10.4 Å². The topological polar surface area (TPSA) is 51.2 Å². The van der Waals surface area contributed by atoms with Gasteiger partial charge in [0.05, 0.1) is 23.9 Å². The van der Waals surface area contributed by atoms with Gasteiger partial charge in [0, 0.05) is 11.6 Å². The van der Waals surface area contributed by atoms with Crippen molar-refractivity contribution in [3.63, 3.8) is 0 Å². The van der Waals surface area contributed by atoms with Gasteiger partial charge >= 0.3 is 0 Å². The minimum absolute atomic E-state index is 0.00430. The van der Waals surface area contributed by atoms with Crippen LogP contribution in [0.25, 0.3) is 10.9 Å². The normalized spacial score (nSPS) is 10.5. The number of carbonyl (C=O) groups is 1. The Labute approximate surface area is 126 Å². The van der Waals surface area contributed by atoms with E-state index >= 15 is 0 Å². The van der Waals surface area contributed by atoms with Gasteiger partial charge in [0.15, 0.2) is 0 Å². The highest BCUT2D eigenvalue weighted by molar-refractivity contribution is 6.08. The first-order chi connectivity index (χ1) is 10.7. The Morgan fingerprint density at radius 2 is 2.00 bits per heavy atom. The van der Waals surface area contributed by atoms with Crippen LogP contribution in [0.3, 0.4) is 0 Å². The lowest BCUT2D eigenvalue weighted by Gasteiger charge is -2.10. The molecule has 0 aliphatic rings. The summed E-state index contributed by atoms with van der Waals surface area (Å²) < 4.78 is 18.9. The predicted molar refractivity (Wildman–Crippen MR) is 82.6 cm³/mol. The van der Waals surface area contributed by atoms with Crippen molar-refractivity contribution < 1.29 is 13.9 Å². The molecule has 22 heavy (non-hydrogen) atoms. The number of nitrogens with zero attached hydrogens (tertiary/aromatic N) is 1. The Hall–Kier alpha value is -2.95. The smallest absolute Gasteiger partial charge is 0.258 e. The van der Waals surface area contributed by atoms with Crippen LogP contribution in [-0.4, -0.2) is 18.0 Å². The van der Waals surface area contributed by atoms with Gasteiger partial charge in [0.25, 0.3) is 5.91 Å². The molecule has 0 aliphatic heterocycles. The first-order valence-electron chi connectivity index (χ1n) is 6.67. The van der Waals surface area contributed by atoms with E-state index in [0.717, 1.165) is 5.39 Å². The second-order valence-electron chi connectivity index (χ2n) is 4.68. The van der Waals surface area contributed by atoms with Crippen LogP contribution in [0.5, 0.6) is 5.75 Å². The number of anilines is 1. The van der Waals surface area contributed by atoms with Crippen LogP contribution in [0.2, 0.25) is 0 Å². The molecule has 110 valence electrons. The fourth-order valence-electron chi connectivity index (χ4n) is 2.20. The number of halogens is 1. The number of rotatable bonds is 3. The summed E-state index contributed by atoms with van der Waals surface area (Å²) in [7, 11) is 1.56. The molecule has 4 nitrogen and oxygen atoms in total. The third kappa shape index (κ3) is 2.61. The standard InChI is InChI=1S/C17H13FN2O2/c1-22-11-6-7-15-13(10-11)16(8-9-19-15)20-17(21)12-4-2-3-5-14(12)18/h2-10H,1H3,(H,19,20,21). The molecule has 0 unspecified atom stereocenters. The van der Waals surface area contributed by atoms with Crippen molar-refractivity contribution in [2.24, 2.45) is 0 Å². The van der Waals surface area contributed by atoms with Crippen LogP contribution in [0, 0.1) is 5.82 Å². The van der Waals surface area contributed by atoms with Crippen LogP contribution in [0.15, 0.2) is 54.7 Å². The van der Waals surface area contributed by atoms with Crippen molar-refractivity contribution in [2.45, 2.75) is 0 Å². The average Bonchev–Trinajstić information content (AvgIpc) is 2.55. The van der Waals surface area contributed by atoms with E-state index in [1.807, 2.05) is 0 Å². The molecule has 1 N–H and O–H groups in total. The van der Waals surface area contributed by atoms with Crippen molar-refractivity contribution >= 4 is 22.5 Å². The number of hydrogen-bond donors (Lipinski definition) is 1. The fourth-order valence-corrected chi connectivity index (χ4v) is 2.20. The maximum Gasteiger partial charge on any atom is 0.258 e. The Bertz CT molecular complexity index is 849. The number of nitrogens with one attached hydrogen (secondary N) is 1. The Morgan fingerprint density at radius 3 is 2.77 bits per heavy atom. The van der Waals surface area contributed by atoms with Gasteiger partial charge in [-0.3, -0.25) is 9.78 Å². The summed E-state index contributed by atoms with van der Waals surface area (Å²) in [5, 5.41) is 3.45. The fraction of sp³-hybridized carbons (Fsp3) is 0.0588. The zero-order valence-corrected chi connectivity index (χ0v) is 11.8. The molecule has 0 saturated carbocycles. The molecule has 0 spiro atoms. The molecule has 3 aromatic rings. The largest absolute Gasteiger partial charge is 0.497 e. The molecule has 0 aliphatic carbocycles. The summed E-state index contributed by atoms with van der Waals surface area (Å²) in [6.45, 7) is 0. The number of aromatic nitrogens is 1. The molecule has 2 aromatic carbocycles. The SMILES string of the molecule is COc1ccc2nccc(NC(=O)c3ccccc3F)c2c1. The molecule has 0 bridgehead atoms. The minimum Gasteiger partial charge on any atom is -0.497 e. The maximum atomic E-state index is 13.7. The zero-order valence-electron chi connectivity index (χ0n) is 11.8. The van der Waals surface area contributed by atoms with Gasteiger partial charge in [0.1, 0.15) is 11.6 Å². The second-order valence-corrected chi connectivity index (χ2v) is 4.68. The van der Waals surface area contributed by atoms with E-state index in [-0.39, 0.29) is 5.56 Å². The Morgan fingerprint density at radius 1 is 1.18 bits per heavy atom. The number of benzene rings is 2. The van der Waals surface area contributed by atoms with Gasteiger partial charge < -0.3 is 10.1 Å². The maximum absolute atomic E-state index is 13.7. The molecule has 0 radical (unpaired) electrons. The molecular formula is C17H13FN2O2. The number of amides is 1. The van der Waals surface area contributed by atoms with Crippen molar-refractivity contribution in [1.29, 1.82) is 0 Å². The van der Waals surface area contributed by atoms with Gasteiger partial charge in [-0.1, -0.05) is 12.1 Å². The van der Waals surface area contributed by atoms with Crippen LogP contribution >= 0.6 is 0 Å². The van der Waals surface area contributed by atoms with E-state index in [1.165, 1.54) is 12.1 Å². The third-order valence-corrected chi connectivity index (χ3v) is 3.32. The lowest BCUT2D eigenvalue weighted by atomic mass is 10.1. The van der Waals surface area contributed by atoms with Gasteiger partial charge in [-0.15, -0.1) is 0 Å². The monoisotopic (exact) mass is 296 g/mol. The van der Waals surface area contributed by atoms with Gasteiger partial charge in [0.2, 0.25) is 0 Å². The van der Waals surface area contributed by atoms with E-state index in [1.54, 1.807) is 49.7 Å². The summed E-state index contributed by atoms with van der Waals surface area (Å²) in [4.78, 5) is 16.5. The van der Waals surface area contributed by atoms with Crippen LogP contribution in [0.4, 0.5) is 10.1 Å². The highest BCUT2D eigenvalue weighted by Gasteiger charge is 2.13. The minimum atomic E-state index is -0.559. The average molecular weight is 296 g/mol. The molecule has 5 heteroatoms. The quantitative estimate of drug-likeness (QED) is 0.803. The van der Waals surface area contributed by atoms with Gasteiger partial charge in [-0.05, 0) is 36.4 Å². The molecular weight excluding hydrogens is 283 g/mol. The lowest BCUT2D eigenvalue weighted by molar-refractivity contribution is 0.102. The number of ether oxygens (including phenoxy) is 1. The predicted octanol–water partition coefficient (Wildman–Crippen LogP) is 3.63. The molecule has 3 rings (SSSR count). The molecule has 1 aromatic heterocycles. The summed E-state index contributed by atoms with van der Waals surface area (Å²) in [5.41, 5.74) is 1.26. The van der Waals surface area contributed by atoms with E-state index in [2.05, 4.69) is 10.3 Å². The first kappa shape index (κ1) is 14.0. The summed E-state index contributed by atoms with van der Waals surface area (Å²) in [6, 6.07) is 12.9. The number of carbonyl (C=O) groups excluding carboxylic acids is 1. The molecule has 1 heterocycles. The summed E-state index contributed by atoms with van der Waals surface area (Å²) in [6.07, 6.45) is 1.59. The molecule has 0 atom stereocenters. The van der Waals surface area contributed by atoms with Gasteiger partial charge in [-0.2, -0.15) is 0 Å². The highest BCUT2D eigenvalue weighted by Crippen LogP contribution is 2.26. The first-order valence-corrected chi connectivity index (χ1v) is 6.67. The number of fused-ring (bicyclic) bond motifs is 1. The Kier molecular flexibility index (Phi) is 3.70. The van der Waals surface area contributed by atoms with E-state index in [4.69, 9.17) is 4.74 Å². The molecule has 0 fully saturated rings. The van der Waals surface area contributed by atoms with Crippen LogP contribution in [-0.2, 0) is 0 Å². The van der Waals surface area contributed by atoms with Crippen molar-refractivity contribution in [3.8, 4) is 5.75 Å². The van der Waals surface area contributed by atoms with Crippen molar-refractivity contribution in [1.82, 2.24) is 4.98 Å². The third-order valence-electron chi connectivity index (χ3n) is 3.32. The lowest BCUT2D eigenvalue weighted by Crippen LogP contribution is -2.14. The zero-order chi connectivity index (χ0) is 15.5. The number of hydrogen-bond acceptors (Lipinski definition) is 3. The number of pyridine rings is 1. The highest BCUT2D eigenvalue weighted by atomic mass is 19.1. The summed E-state index contributed by atoms with van der Waals surface area (Å²) in [5.74, 6) is -0.411. The van der Waals surface area contributed by atoms with E-state index < -0.39 is 11.7 Å². The van der Waals surface area contributed by atoms with E-state index in [9.17, 15) is 9.18 Å².